The number of benzene rings is 2. The van der Waals surface area contributed by atoms with Gasteiger partial charge in [0.25, 0.3) is 5.91 Å². The molecule has 0 aliphatic rings. The van der Waals surface area contributed by atoms with Crippen LogP contribution in [0.5, 0.6) is 5.75 Å². The zero-order valence-corrected chi connectivity index (χ0v) is 13.9. The summed E-state index contributed by atoms with van der Waals surface area (Å²) in [6, 6.07) is 15.3. The Morgan fingerprint density at radius 1 is 1.09 bits per heavy atom. The topological polar surface area (TPSA) is 62.4 Å². The van der Waals surface area contributed by atoms with Crippen molar-refractivity contribution >= 4 is 28.9 Å². The van der Waals surface area contributed by atoms with E-state index in [1.165, 1.54) is 0 Å². The van der Waals surface area contributed by atoms with Gasteiger partial charge in [-0.05, 0) is 55.4 Å². The number of hydrogen-bond donors (Lipinski definition) is 3. The number of para-hydroxylation sites is 1. The van der Waals surface area contributed by atoms with E-state index in [-0.39, 0.29) is 12.5 Å². The van der Waals surface area contributed by atoms with E-state index in [2.05, 4.69) is 16.2 Å². The highest BCUT2D eigenvalue weighted by Gasteiger charge is 2.06. The largest absolute Gasteiger partial charge is 0.483 e. The van der Waals surface area contributed by atoms with Crippen molar-refractivity contribution in [2.24, 2.45) is 0 Å². The van der Waals surface area contributed by atoms with Gasteiger partial charge >= 0.3 is 0 Å². The van der Waals surface area contributed by atoms with Crippen molar-refractivity contribution in [1.29, 1.82) is 0 Å². The predicted octanol–water partition coefficient (Wildman–Crippen LogP) is 2.70. The first kappa shape index (κ1) is 16.8. The molecule has 0 atom stereocenters. The van der Waals surface area contributed by atoms with Crippen LogP contribution in [-0.2, 0) is 4.79 Å². The molecule has 0 spiro atoms. The number of hydrogen-bond acceptors (Lipinski definition) is 3. The molecule has 0 aliphatic carbocycles. The molecule has 5 nitrogen and oxygen atoms in total. The van der Waals surface area contributed by atoms with Crippen LogP contribution in [0, 0.1) is 13.8 Å². The first-order valence-electron chi connectivity index (χ1n) is 7.15. The molecule has 2 aromatic carbocycles. The van der Waals surface area contributed by atoms with Crippen LogP contribution in [0.4, 0.5) is 5.69 Å². The first-order chi connectivity index (χ1) is 11.0. The van der Waals surface area contributed by atoms with Crippen molar-refractivity contribution in [2.45, 2.75) is 13.8 Å². The van der Waals surface area contributed by atoms with Crippen LogP contribution in [0.2, 0.25) is 0 Å². The molecule has 0 aliphatic heterocycles. The molecule has 1 amide bonds. The Balaban J connectivity index is 1.74. The van der Waals surface area contributed by atoms with E-state index in [0.717, 1.165) is 16.8 Å². The lowest BCUT2D eigenvalue weighted by molar-refractivity contribution is -0.123. The molecular weight excluding hydrogens is 310 g/mol. The number of ether oxygens (including phenoxy) is 1. The van der Waals surface area contributed by atoms with Gasteiger partial charge < -0.3 is 10.1 Å². The third kappa shape index (κ3) is 5.60. The Morgan fingerprint density at radius 2 is 1.83 bits per heavy atom. The number of aryl methyl sites for hydroxylation is 2. The van der Waals surface area contributed by atoms with Crippen LogP contribution in [0.1, 0.15) is 11.1 Å². The standard InChI is InChI=1S/C17H19N3O2S/c1-12-8-9-13(2)15(10-12)22-11-16(21)19-20-17(23)18-14-6-4-3-5-7-14/h3-10H,11H2,1-2H3,(H,19,21)(H2,18,20,23). The third-order valence-electron chi connectivity index (χ3n) is 3.05. The van der Waals surface area contributed by atoms with Crippen LogP contribution >= 0.6 is 12.2 Å². The Hall–Kier alpha value is -2.60. The SMILES string of the molecule is Cc1ccc(C)c(OCC(=O)NNC(=S)Nc2ccccc2)c1. The second-order valence-electron chi connectivity index (χ2n) is 5.05. The molecule has 0 radical (unpaired) electrons. The molecule has 0 heterocycles. The van der Waals surface area contributed by atoms with E-state index in [4.69, 9.17) is 17.0 Å². The van der Waals surface area contributed by atoms with Gasteiger partial charge in [0.1, 0.15) is 5.75 Å². The van der Waals surface area contributed by atoms with Crippen molar-refractivity contribution in [3.8, 4) is 5.75 Å². The summed E-state index contributed by atoms with van der Waals surface area (Å²) in [6.45, 7) is 3.82. The molecule has 0 aromatic heterocycles. The monoisotopic (exact) mass is 329 g/mol. The minimum atomic E-state index is -0.317. The molecule has 0 unspecified atom stereocenters. The summed E-state index contributed by atoms with van der Waals surface area (Å²) in [5, 5.41) is 3.25. The van der Waals surface area contributed by atoms with Crippen molar-refractivity contribution in [3.05, 3.63) is 59.7 Å². The summed E-state index contributed by atoms with van der Waals surface area (Å²) in [5.74, 6) is 0.383. The molecule has 0 fully saturated rings. The maximum atomic E-state index is 11.8. The average molecular weight is 329 g/mol. The third-order valence-corrected chi connectivity index (χ3v) is 3.25. The van der Waals surface area contributed by atoms with Gasteiger partial charge in [-0.1, -0.05) is 30.3 Å². The van der Waals surface area contributed by atoms with Crippen LogP contribution in [0.15, 0.2) is 48.5 Å². The summed E-state index contributed by atoms with van der Waals surface area (Å²) in [5.41, 5.74) is 8.03. The van der Waals surface area contributed by atoms with Gasteiger partial charge in [0.05, 0.1) is 0 Å². The summed E-state index contributed by atoms with van der Waals surface area (Å²) in [6.07, 6.45) is 0. The molecule has 120 valence electrons. The zero-order chi connectivity index (χ0) is 16.7. The first-order valence-corrected chi connectivity index (χ1v) is 7.56. The number of carbonyl (C=O) groups is 1. The quantitative estimate of drug-likeness (QED) is 0.595. The number of carbonyl (C=O) groups excluding carboxylic acids is 1. The van der Waals surface area contributed by atoms with Gasteiger partial charge in [-0.25, -0.2) is 0 Å². The Bertz CT molecular complexity index is 689. The van der Waals surface area contributed by atoms with Gasteiger partial charge in [0.2, 0.25) is 0 Å². The van der Waals surface area contributed by atoms with Crippen molar-refractivity contribution in [2.75, 3.05) is 11.9 Å². The van der Waals surface area contributed by atoms with Gasteiger partial charge in [-0.15, -0.1) is 0 Å². The molecule has 0 saturated heterocycles. The van der Waals surface area contributed by atoms with Gasteiger partial charge in [0, 0.05) is 5.69 Å². The van der Waals surface area contributed by atoms with E-state index < -0.39 is 0 Å². The summed E-state index contributed by atoms with van der Waals surface area (Å²) in [4.78, 5) is 11.8. The number of nitrogens with one attached hydrogen (secondary N) is 3. The van der Waals surface area contributed by atoms with Crippen LogP contribution < -0.4 is 20.9 Å². The smallest absolute Gasteiger partial charge is 0.276 e. The lowest BCUT2D eigenvalue weighted by atomic mass is 10.1. The number of amides is 1. The van der Waals surface area contributed by atoms with E-state index in [1.54, 1.807) is 0 Å². The minimum Gasteiger partial charge on any atom is -0.483 e. The van der Waals surface area contributed by atoms with Crippen LogP contribution in [0.3, 0.4) is 0 Å². The molecule has 2 rings (SSSR count). The fourth-order valence-corrected chi connectivity index (χ4v) is 2.02. The van der Waals surface area contributed by atoms with Crippen molar-refractivity contribution in [1.82, 2.24) is 10.9 Å². The summed E-state index contributed by atoms with van der Waals surface area (Å²) < 4.78 is 5.51. The van der Waals surface area contributed by atoms with Gasteiger partial charge in [0.15, 0.2) is 11.7 Å². The fourth-order valence-electron chi connectivity index (χ4n) is 1.85. The minimum absolute atomic E-state index is 0.0920. The van der Waals surface area contributed by atoms with E-state index in [0.29, 0.717) is 10.9 Å². The van der Waals surface area contributed by atoms with E-state index in [1.807, 2.05) is 62.4 Å². The normalized spacial score (nSPS) is 9.83. The van der Waals surface area contributed by atoms with Gasteiger partial charge in [-0.3, -0.25) is 15.6 Å². The molecule has 3 N–H and O–H groups in total. The number of anilines is 1. The predicted molar refractivity (Wildman–Crippen MR) is 95.4 cm³/mol. The molecule has 6 heteroatoms. The number of thiocarbonyl (C=S) groups is 1. The fraction of sp³-hybridized carbons (Fsp3) is 0.176. The van der Waals surface area contributed by atoms with E-state index in [9.17, 15) is 4.79 Å². The second kappa shape index (κ2) is 8.14. The molecular formula is C17H19N3O2S. The maximum absolute atomic E-state index is 11.8. The zero-order valence-electron chi connectivity index (χ0n) is 13.1. The molecule has 2 aromatic rings. The Kier molecular flexibility index (Phi) is 5.94. The second-order valence-corrected chi connectivity index (χ2v) is 5.46. The van der Waals surface area contributed by atoms with E-state index >= 15 is 0 Å². The highest BCUT2D eigenvalue weighted by molar-refractivity contribution is 7.80. The lowest BCUT2D eigenvalue weighted by Gasteiger charge is -2.13. The summed E-state index contributed by atoms with van der Waals surface area (Å²) in [7, 11) is 0. The van der Waals surface area contributed by atoms with Crippen LogP contribution in [-0.4, -0.2) is 17.6 Å². The Labute approximate surface area is 141 Å². The highest BCUT2D eigenvalue weighted by atomic mass is 32.1. The summed E-state index contributed by atoms with van der Waals surface area (Å²) >= 11 is 5.09. The van der Waals surface area contributed by atoms with Crippen LogP contribution in [0.25, 0.3) is 0 Å². The molecule has 0 bridgehead atoms. The number of rotatable bonds is 4. The molecule has 23 heavy (non-hydrogen) atoms. The molecule has 0 saturated carbocycles. The average Bonchev–Trinajstić information content (AvgIpc) is 2.54. The highest BCUT2D eigenvalue weighted by Crippen LogP contribution is 2.18. The van der Waals surface area contributed by atoms with Crippen molar-refractivity contribution < 1.29 is 9.53 Å². The lowest BCUT2D eigenvalue weighted by Crippen LogP contribution is -2.45. The Morgan fingerprint density at radius 3 is 2.57 bits per heavy atom. The number of hydrazine groups is 1. The van der Waals surface area contributed by atoms with Gasteiger partial charge in [-0.2, -0.15) is 0 Å². The maximum Gasteiger partial charge on any atom is 0.276 e. The van der Waals surface area contributed by atoms with Crippen molar-refractivity contribution in [3.63, 3.8) is 0 Å².